The first-order chi connectivity index (χ1) is 17.0. The van der Waals surface area contributed by atoms with Crippen LogP contribution >= 0.6 is 31.9 Å². The third kappa shape index (κ3) is 7.95. The highest BCUT2D eigenvalue weighted by Gasteiger charge is 2.25. The molecule has 192 valence electrons. The van der Waals surface area contributed by atoms with Gasteiger partial charge in [0.2, 0.25) is 20.0 Å². The molecule has 3 N–H and O–H groups in total. The van der Waals surface area contributed by atoms with Crippen molar-refractivity contribution < 1.29 is 26.7 Å². The second kappa shape index (κ2) is 12.4. The highest BCUT2D eigenvalue weighted by molar-refractivity contribution is 9.10. The van der Waals surface area contributed by atoms with Crippen LogP contribution in [0.5, 0.6) is 0 Å². The molecule has 0 saturated heterocycles. The predicted octanol–water partition coefficient (Wildman–Crippen LogP) is 4.76. The Morgan fingerprint density at radius 1 is 0.722 bits per heavy atom. The lowest BCUT2D eigenvalue weighted by atomic mass is 10.1. The van der Waals surface area contributed by atoms with Gasteiger partial charge in [-0.15, -0.1) is 0 Å². The predicted molar refractivity (Wildman–Crippen MR) is 145 cm³/mol. The molecule has 8 nitrogen and oxygen atoms in total. The monoisotopic (exact) mass is 658 g/mol. The summed E-state index contributed by atoms with van der Waals surface area (Å²) < 4.78 is 56.5. The van der Waals surface area contributed by atoms with Crippen molar-refractivity contribution in [1.29, 1.82) is 0 Å². The molecule has 0 saturated carbocycles. The third-order valence-electron chi connectivity index (χ3n) is 5.27. The molecular weight excluding hydrogens is 636 g/mol. The summed E-state index contributed by atoms with van der Waals surface area (Å²) in [5, 5.41) is 9.51. The molecule has 3 rings (SSSR count). The summed E-state index contributed by atoms with van der Waals surface area (Å²) >= 11 is 6.62. The van der Waals surface area contributed by atoms with Crippen LogP contribution in [-0.2, 0) is 24.8 Å². The van der Waals surface area contributed by atoms with Gasteiger partial charge in [0.05, 0.1) is 9.79 Å². The SMILES string of the molecule is O=C(O)C(CCCCNS(=O)(=O)c1ccc(Br)cc1)NS(=O)(=O)c1ccc(-c2ccc(Br)cc2)cc1. The van der Waals surface area contributed by atoms with Crippen LogP contribution < -0.4 is 9.44 Å². The molecule has 36 heavy (non-hydrogen) atoms. The van der Waals surface area contributed by atoms with Crippen molar-refractivity contribution in [3.63, 3.8) is 0 Å². The average molecular weight is 660 g/mol. The maximum Gasteiger partial charge on any atom is 0.321 e. The smallest absolute Gasteiger partial charge is 0.321 e. The minimum Gasteiger partial charge on any atom is -0.480 e. The summed E-state index contributed by atoms with van der Waals surface area (Å²) in [5.74, 6) is -1.31. The molecule has 0 radical (unpaired) electrons. The van der Waals surface area contributed by atoms with Crippen molar-refractivity contribution in [3.8, 4) is 11.1 Å². The van der Waals surface area contributed by atoms with E-state index in [-0.39, 0.29) is 22.8 Å². The van der Waals surface area contributed by atoms with Gasteiger partial charge in [0.15, 0.2) is 0 Å². The molecule has 3 aromatic rings. The standard InChI is InChI=1S/C24H24Br2N2O6S2/c25-19-8-4-17(5-9-19)18-6-12-22(13-7-18)36(33,34)28-23(24(29)30)3-1-2-16-27-35(31,32)21-14-10-20(26)11-15-21/h4-15,23,27-28H,1-3,16H2,(H,29,30). The van der Waals surface area contributed by atoms with Crippen molar-refractivity contribution in [2.45, 2.75) is 35.1 Å². The molecule has 0 bridgehead atoms. The maximum absolute atomic E-state index is 12.8. The van der Waals surface area contributed by atoms with Crippen LogP contribution in [0.4, 0.5) is 0 Å². The van der Waals surface area contributed by atoms with E-state index in [0.717, 1.165) is 20.1 Å². The van der Waals surface area contributed by atoms with E-state index in [9.17, 15) is 26.7 Å². The summed E-state index contributed by atoms with van der Waals surface area (Å²) in [6, 6.07) is 18.5. The number of carbonyl (C=O) groups is 1. The Hall–Kier alpha value is -2.09. The Morgan fingerprint density at radius 3 is 1.69 bits per heavy atom. The number of unbranched alkanes of at least 4 members (excludes halogenated alkanes) is 1. The van der Waals surface area contributed by atoms with Crippen molar-refractivity contribution >= 4 is 57.9 Å². The van der Waals surface area contributed by atoms with E-state index >= 15 is 0 Å². The minimum absolute atomic E-state index is 0.00551. The first kappa shape index (κ1) is 28.5. The number of benzene rings is 3. The zero-order valence-corrected chi connectivity index (χ0v) is 23.7. The fourth-order valence-corrected chi connectivity index (χ4v) is 6.16. The number of carboxylic acid groups (broad SMARTS) is 1. The number of rotatable bonds is 12. The summed E-state index contributed by atoms with van der Waals surface area (Å²) in [4.78, 5) is 11.7. The first-order valence-corrected chi connectivity index (χ1v) is 15.4. The quantitative estimate of drug-likeness (QED) is 0.241. The molecule has 12 heteroatoms. The fourth-order valence-electron chi connectivity index (χ4n) is 3.33. The van der Waals surface area contributed by atoms with Crippen LogP contribution in [0, 0.1) is 0 Å². The molecular formula is C24H24Br2N2O6S2. The van der Waals surface area contributed by atoms with Gasteiger partial charge in [-0.2, -0.15) is 4.72 Å². The topological polar surface area (TPSA) is 130 Å². The minimum atomic E-state index is -4.07. The van der Waals surface area contributed by atoms with Gasteiger partial charge in [0.25, 0.3) is 0 Å². The molecule has 0 aromatic heterocycles. The van der Waals surface area contributed by atoms with Crippen LogP contribution in [-0.4, -0.2) is 40.5 Å². The number of hydrogen-bond acceptors (Lipinski definition) is 5. The lowest BCUT2D eigenvalue weighted by molar-refractivity contribution is -0.139. The van der Waals surface area contributed by atoms with Crippen LogP contribution in [0.1, 0.15) is 19.3 Å². The van der Waals surface area contributed by atoms with Crippen molar-refractivity contribution in [2.75, 3.05) is 6.54 Å². The van der Waals surface area contributed by atoms with E-state index < -0.39 is 32.1 Å². The summed E-state index contributed by atoms with van der Waals surface area (Å²) in [5.41, 5.74) is 1.73. The van der Waals surface area contributed by atoms with Crippen LogP contribution in [0.15, 0.2) is 91.5 Å². The maximum atomic E-state index is 12.8. The van der Waals surface area contributed by atoms with Crippen molar-refractivity contribution in [2.24, 2.45) is 0 Å². The van der Waals surface area contributed by atoms with E-state index in [1.54, 1.807) is 24.3 Å². The lowest BCUT2D eigenvalue weighted by Crippen LogP contribution is -2.40. The Morgan fingerprint density at radius 2 is 1.17 bits per heavy atom. The number of halogens is 2. The number of sulfonamides is 2. The molecule has 1 atom stereocenters. The fraction of sp³-hybridized carbons (Fsp3) is 0.208. The van der Waals surface area contributed by atoms with E-state index in [4.69, 9.17) is 0 Å². The average Bonchev–Trinajstić information content (AvgIpc) is 2.84. The van der Waals surface area contributed by atoms with Gasteiger partial charge >= 0.3 is 5.97 Å². The molecule has 0 fully saturated rings. The number of hydrogen-bond donors (Lipinski definition) is 3. The highest BCUT2D eigenvalue weighted by atomic mass is 79.9. The van der Waals surface area contributed by atoms with Crippen LogP contribution in [0.2, 0.25) is 0 Å². The van der Waals surface area contributed by atoms with Gasteiger partial charge in [-0.25, -0.2) is 21.6 Å². The van der Waals surface area contributed by atoms with Gasteiger partial charge in [0, 0.05) is 15.5 Å². The summed E-state index contributed by atoms with van der Waals surface area (Å²) in [6.07, 6.45) is 0.638. The normalized spacial score (nSPS) is 12.8. The molecule has 0 aliphatic rings. The first-order valence-electron chi connectivity index (χ1n) is 10.8. The third-order valence-corrected chi connectivity index (χ3v) is 9.30. The summed E-state index contributed by atoms with van der Waals surface area (Å²) in [7, 11) is -7.76. The van der Waals surface area contributed by atoms with Crippen molar-refractivity contribution in [1.82, 2.24) is 9.44 Å². The molecule has 0 aliphatic carbocycles. The second-order valence-electron chi connectivity index (χ2n) is 7.89. The second-order valence-corrected chi connectivity index (χ2v) is 13.2. The number of nitrogens with one attached hydrogen (secondary N) is 2. The van der Waals surface area contributed by atoms with Crippen molar-refractivity contribution in [3.05, 3.63) is 81.7 Å². The zero-order valence-electron chi connectivity index (χ0n) is 18.9. The molecule has 0 heterocycles. The van der Waals surface area contributed by atoms with E-state index in [2.05, 4.69) is 41.3 Å². The van der Waals surface area contributed by atoms with Gasteiger partial charge < -0.3 is 5.11 Å². The zero-order chi connectivity index (χ0) is 26.3. The summed E-state index contributed by atoms with van der Waals surface area (Å²) in [6.45, 7) is 0.0923. The van der Waals surface area contributed by atoms with Gasteiger partial charge in [0.1, 0.15) is 6.04 Å². The lowest BCUT2D eigenvalue weighted by Gasteiger charge is -2.15. The van der Waals surface area contributed by atoms with E-state index in [1.807, 2.05) is 24.3 Å². The van der Waals surface area contributed by atoms with Gasteiger partial charge in [-0.05, 0) is 78.9 Å². The Labute approximate surface area is 227 Å². The largest absolute Gasteiger partial charge is 0.480 e. The van der Waals surface area contributed by atoms with Gasteiger partial charge in [-0.3, -0.25) is 4.79 Å². The Balaban J connectivity index is 1.54. The van der Waals surface area contributed by atoms with Crippen LogP contribution in [0.25, 0.3) is 11.1 Å². The molecule has 0 spiro atoms. The Bertz CT molecular complexity index is 1390. The van der Waals surface area contributed by atoms with E-state index in [1.165, 1.54) is 24.3 Å². The molecule has 0 aliphatic heterocycles. The molecule has 0 amide bonds. The highest BCUT2D eigenvalue weighted by Crippen LogP contribution is 2.23. The van der Waals surface area contributed by atoms with Gasteiger partial charge in [-0.1, -0.05) is 56.1 Å². The molecule has 3 aromatic carbocycles. The van der Waals surface area contributed by atoms with E-state index in [0.29, 0.717) is 12.8 Å². The van der Waals surface area contributed by atoms with Crippen LogP contribution in [0.3, 0.4) is 0 Å². The number of aliphatic carboxylic acids is 1. The number of carboxylic acids is 1. The Kier molecular flexibility index (Phi) is 9.84. The molecule has 1 unspecified atom stereocenters.